The Morgan fingerprint density at radius 3 is 2.12 bits per heavy atom. The van der Waals surface area contributed by atoms with E-state index in [1.165, 1.54) is 0 Å². The Bertz CT molecular complexity index is 843. The van der Waals surface area contributed by atoms with Crippen LogP contribution in [0.4, 0.5) is 17.1 Å². The lowest BCUT2D eigenvalue weighted by atomic mass is 10.0. The van der Waals surface area contributed by atoms with E-state index in [1.54, 1.807) is 6.07 Å². The summed E-state index contributed by atoms with van der Waals surface area (Å²) in [6.45, 7) is 0. The van der Waals surface area contributed by atoms with Crippen molar-refractivity contribution < 1.29 is 9.90 Å². The number of carboxylic acids is 1. The molecule has 0 aromatic heterocycles. The molecule has 0 atom stereocenters. The van der Waals surface area contributed by atoms with Gasteiger partial charge in [-0.25, -0.2) is 4.79 Å². The molecule has 4 heteroatoms. The van der Waals surface area contributed by atoms with Crippen molar-refractivity contribution in [2.75, 3.05) is 17.7 Å². The summed E-state index contributed by atoms with van der Waals surface area (Å²) in [7, 11) is 1.86. The number of hydrogen-bond donors (Lipinski definition) is 3. The second-order valence-electron chi connectivity index (χ2n) is 5.38. The van der Waals surface area contributed by atoms with Crippen LogP contribution in [0.25, 0.3) is 11.1 Å². The Morgan fingerprint density at radius 2 is 1.50 bits per heavy atom. The third-order valence-corrected chi connectivity index (χ3v) is 3.81. The zero-order valence-corrected chi connectivity index (χ0v) is 13.3. The molecule has 0 saturated heterocycles. The first kappa shape index (κ1) is 15.6. The molecule has 4 nitrogen and oxygen atoms in total. The largest absolute Gasteiger partial charge is 0.478 e. The van der Waals surface area contributed by atoms with Gasteiger partial charge in [0.2, 0.25) is 0 Å². The first-order valence-electron chi connectivity index (χ1n) is 7.65. The average molecular weight is 318 g/mol. The number of carboxylic acid groups (broad SMARTS) is 1. The second-order valence-corrected chi connectivity index (χ2v) is 5.38. The molecule has 0 aliphatic heterocycles. The van der Waals surface area contributed by atoms with Gasteiger partial charge in [0.15, 0.2) is 0 Å². The van der Waals surface area contributed by atoms with Crippen LogP contribution in [-0.4, -0.2) is 18.1 Å². The molecule has 0 heterocycles. The van der Waals surface area contributed by atoms with Crippen LogP contribution in [0.2, 0.25) is 0 Å². The van der Waals surface area contributed by atoms with E-state index in [-0.39, 0.29) is 5.56 Å². The molecule has 3 rings (SSSR count). The topological polar surface area (TPSA) is 61.4 Å². The van der Waals surface area contributed by atoms with Crippen molar-refractivity contribution in [2.24, 2.45) is 0 Å². The van der Waals surface area contributed by atoms with Crippen molar-refractivity contribution in [3.8, 4) is 11.1 Å². The Hall–Kier alpha value is -3.27. The van der Waals surface area contributed by atoms with Crippen LogP contribution in [0.5, 0.6) is 0 Å². The van der Waals surface area contributed by atoms with Crippen molar-refractivity contribution >= 4 is 23.0 Å². The molecule has 0 amide bonds. The van der Waals surface area contributed by atoms with Crippen molar-refractivity contribution in [1.29, 1.82) is 0 Å². The Balaban J connectivity index is 1.98. The summed E-state index contributed by atoms with van der Waals surface area (Å²) in [5.41, 5.74) is 4.66. The van der Waals surface area contributed by atoms with E-state index in [1.807, 2.05) is 73.8 Å². The van der Waals surface area contributed by atoms with Crippen molar-refractivity contribution in [3.63, 3.8) is 0 Å². The molecule has 3 aromatic carbocycles. The fourth-order valence-electron chi connectivity index (χ4n) is 2.52. The average Bonchev–Trinajstić information content (AvgIpc) is 2.63. The van der Waals surface area contributed by atoms with E-state index in [9.17, 15) is 9.90 Å². The van der Waals surface area contributed by atoms with Gasteiger partial charge in [-0.3, -0.25) is 0 Å². The molecule has 120 valence electrons. The lowest BCUT2D eigenvalue weighted by molar-refractivity contribution is 0.0698. The molecule has 0 fully saturated rings. The standard InChI is InChI=1S/C20H18N2O2/c1-21-16-8-10-17(11-9-16)22-19-13-15(7-12-18(19)20(23)24)14-5-3-2-4-6-14/h2-13,21-22H,1H3,(H,23,24). The lowest BCUT2D eigenvalue weighted by Crippen LogP contribution is -2.03. The molecule has 0 unspecified atom stereocenters. The van der Waals surface area contributed by atoms with Gasteiger partial charge in [0, 0.05) is 18.4 Å². The van der Waals surface area contributed by atoms with Crippen LogP contribution >= 0.6 is 0 Å². The lowest BCUT2D eigenvalue weighted by Gasteiger charge is -2.12. The molecular formula is C20H18N2O2. The fourth-order valence-corrected chi connectivity index (χ4v) is 2.52. The summed E-state index contributed by atoms with van der Waals surface area (Å²) in [5.74, 6) is -0.955. The number of carbonyl (C=O) groups is 1. The Labute approximate surface area is 140 Å². The van der Waals surface area contributed by atoms with Gasteiger partial charge in [0.25, 0.3) is 0 Å². The van der Waals surface area contributed by atoms with E-state index in [0.717, 1.165) is 22.5 Å². The van der Waals surface area contributed by atoms with E-state index < -0.39 is 5.97 Å². The van der Waals surface area contributed by atoms with Gasteiger partial charge in [-0.15, -0.1) is 0 Å². The van der Waals surface area contributed by atoms with Gasteiger partial charge >= 0.3 is 5.97 Å². The molecule has 0 radical (unpaired) electrons. The summed E-state index contributed by atoms with van der Waals surface area (Å²) in [4.78, 5) is 11.5. The quantitative estimate of drug-likeness (QED) is 0.630. The highest BCUT2D eigenvalue weighted by molar-refractivity contribution is 5.96. The van der Waals surface area contributed by atoms with Crippen LogP contribution in [0, 0.1) is 0 Å². The number of hydrogen-bond acceptors (Lipinski definition) is 3. The minimum atomic E-state index is -0.955. The van der Waals surface area contributed by atoms with Gasteiger partial charge in [-0.05, 0) is 47.5 Å². The summed E-state index contributed by atoms with van der Waals surface area (Å²) in [6, 6.07) is 22.9. The molecule has 0 spiro atoms. The highest BCUT2D eigenvalue weighted by atomic mass is 16.4. The second kappa shape index (κ2) is 6.87. The highest BCUT2D eigenvalue weighted by Gasteiger charge is 2.12. The minimum Gasteiger partial charge on any atom is -0.478 e. The van der Waals surface area contributed by atoms with E-state index >= 15 is 0 Å². The summed E-state index contributed by atoms with van der Waals surface area (Å²) in [6.07, 6.45) is 0. The first-order valence-corrected chi connectivity index (χ1v) is 7.65. The number of benzene rings is 3. The predicted octanol–water partition coefficient (Wildman–Crippen LogP) is 4.84. The summed E-state index contributed by atoms with van der Waals surface area (Å²) < 4.78 is 0. The maximum atomic E-state index is 11.5. The van der Waals surface area contributed by atoms with E-state index in [4.69, 9.17) is 0 Å². The van der Waals surface area contributed by atoms with Gasteiger partial charge in [0.05, 0.1) is 11.3 Å². The molecule has 0 aliphatic rings. The molecule has 0 aliphatic carbocycles. The fraction of sp³-hybridized carbons (Fsp3) is 0.0500. The third-order valence-electron chi connectivity index (χ3n) is 3.81. The van der Waals surface area contributed by atoms with Gasteiger partial charge in [-0.1, -0.05) is 36.4 Å². The van der Waals surface area contributed by atoms with Crippen LogP contribution in [0.3, 0.4) is 0 Å². The molecule has 0 bridgehead atoms. The molecule has 24 heavy (non-hydrogen) atoms. The maximum Gasteiger partial charge on any atom is 0.337 e. The van der Waals surface area contributed by atoms with Gasteiger partial charge in [0.1, 0.15) is 0 Å². The highest BCUT2D eigenvalue weighted by Crippen LogP contribution is 2.28. The van der Waals surface area contributed by atoms with Gasteiger partial charge < -0.3 is 15.7 Å². The smallest absolute Gasteiger partial charge is 0.337 e. The Kier molecular flexibility index (Phi) is 4.47. The predicted molar refractivity (Wildman–Crippen MR) is 98.1 cm³/mol. The number of aromatic carboxylic acids is 1. The van der Waals surface area contributed by atoms with Crippen LogP contribution in [-0.2, 0) is 0 Å². The monoisotopic (exact) mass is 318 g/mol. The van der Waals surface area contributed by atoms with Crippen LogP contribution in [0.15, 0.2) is 72.8 Å². The van der Waals surface area contributed by atoms with Crippen molar-refractivity contribution in [1.82, 2.24) is 0 Å². The zero-order valence-electron chi connectivity index (χ0n) is 13.3. The molecule has 0 saturated carbocycles. The van der Waals surface area contributed by atoms with Crippen LogP contribution in [0.1, 0.15) is 10.4 Å². The zero-order chi connectivity index (χ0) is 16.9. The third kappa shape index (κ3) is 3.38. The Morgan fingerprint density at radius 1 is 0.833 bits per heavy atom. The van der Waals surface area contributed by atoms with Crippen LogP contribution < -0.4 is 10.6 Å². The molecular weight excluding hydrogens is 300 g/mol. The number of anilines is 3. The van der Waals surface area contributed by atoms with Crippen molar-refractivity contribution in [3.05, 3.63) is 78.4 Å². The number of nitrogens with one attached hydrogen (secondary N) is 2. The molecule has 3 aromatic rings. The SMILES string of the molecule is CNc1ccc(Nc2cc(-c3ccccc3)ccc2C(=O)O)cc1. The summed E-state index contributed by atoms with van der Waals surface area (Å²) in [5, 5.41) is 15.7. The van der Waals surface area contributed by atoms with Crippen molar-refractivity contribution in [2.45, 2.75) is 0 Å². The van der Waals surface area contributed by atoms with E-state index in [2.05, 4.69) is 10.6 Å². The maximum absolute atomic E-state index is 11.5. The van der Waals surface area contributed by atoms with E-state index in [0.29, 0.717) is 5.69 Å². The number of rotatable bonds is 5. The minimum absolute atomic E-state index is 0.243. The first-order chi connectivity index (χ1) is 11.7. The normalized spacial score (nSPS) is 10.2. The molecule has 3 N–H and O–H groups in total. The summed E-state index contributed by atoms with van der Waals surface area (Å²) >= 11 is 0. The van der Waals surface area contributed by atoms with Gasteiger partial charge in [-0.2, -0.15) is 0 Å².